The second-order valence-corrected chi connectivity index (χ2v) is 4.86. The molecule has 0 heterocycles. The summed E-state index contributed by atoms with van der Waals surface area (Å²) in [6, 6.07) is 4.32. The third-order valence-electron chi connectivity index (χ3n) is 3.83. The van der Waals surface area contributed by atoms with Crippen LogP contribution in [0.2, 0.25) is 0 Å². The molecule has 0 bridgehead atoms. The Hall–Kier alpha value is -0.920. The minimum atomic E-state index is -0.750. The highest BCUT2D eigenvalue weighted by molar-refractivity contribution is 5.22. The fourth-order valence-corrected chi connectivity index (χ4v) is 2.70. The molecule has 1 saturated carbocycles. The highest BCUT2D eigenvalue weighted by Gasteiger charge is 2.21. The van der Waals surface area contributed by atoms with E-state index in [1.54, 1.807) is 6.07 Å². The largest absolute Gasteiger partial charge is 0.204 e. The summed E-state index contributed by atoms with van der Waals surface area (Å²) in [4.78, 5) is 0. The molecule has 88 valence electrons. The Morgan fingerprint density at radius 3 is 2.38 bits per heavy atom. The fraction of sp³-hybridized carbons (Fsp3) is 0.571. The van der Waals surface area contributed by atoms with Crippen molar-refractivity contribution in [2.75, 3.05) is 0 Å². The minimum absolute atomic E-state index is 0.343. The van der Waals surface area contributed by atoms with Crippen LogP contribution in [0.3, 0.4) is 0 Å². The lowest BCUT2D eigenvalue weighted by Gasteiger charge is -2.28. The molecule has 0 aromatic heterocycles. The van der Waals surface area contributed by atoms with E-state index in [1.165, 1.54) is 44.2 Å². The monoisotopic (exact) mass is 224 g/mol. The first kappa shape index (κ1) is 11.6. The molecular formula is C14H18F2. The van der Waals surface area contributed by atoms with Gasteiger partial charge in [0, 0.05) is 0 Å². The summed E-state index contributed by atoms with van der Waals surface area (Å²) in [7, 11) is 0. The van der Waals surface area contributed by atoms with Gasteiger partial charge in [-0.05, 0) is 42.4 Å². The lowest BCUT2D eigenvalue weighted by Crippen LogP contribution is -2.14. The Balaban J connectivity index is 2.12. The molecule has 0 radical (unpaired) electrons. The van der Waals surface area contributed by atoms with Gasteiger partial charge in [0.1, 0.15) is 0 Å². The van der Waals surface area contributed by atoms with Crippen LogP contribution < -0.4 is 0 Å². The Morgan fingerprint density at radius 2 is 1.75 bits per heavy atom. The summed E-state index contributed by atoms with van der Waals surface area (Å²) in [5.41, 5.74) is 0.936. The number of hydrogen-bond acceptors (Lipinski definition) is 0. The van der Waals surface area contributed by atoms with Crippen molar-refractivity contribution in [1.82, 2.24) is 0 Å². The van der Waals surface area contributed by atoms with Crippen LogP contribution in [0.1, 0.15) is 50.5 Å². The van der Waals surface area contributed by atoms with Gasteiger partial charge in [-0.3, -0.25) is 0 Å². The van der Waals surface area contributed by atoms with Crippen LogP contribution in [-0.4, -0.2) is 0 Å². The molecule has 0 aliphatic heterocycles. The molecule has 1 unspecified atom stereocenters. The standard InChI is InChI=1S/C14H18F2/c1-10(11-5-3-2-4-6-11)12-7-8-13(15)14(16)9-12/h7-11H,2-6H2,1H3. The van der Waals surface area contributed by atoms with E-state index in [-0.39, 0.29) is 0 Å². The molecule has 1 atom stereocenters. The van der Waals surface area contributed by atoms with Crippen molar-refractivity contribution in [1.29, 1.82) is 0 Å². The Kier molecular flexibility index (Phi) is 3.57. The molecule has 2 heteroatoms. The maximum Gasteiger partial charge on any atom is 0.159 e. The van der Waals surface area contributed by atoms with Gasteiger partial charge < -0.3 is 0 Å². The Labute approximate surface area is 95.7 Å². The number of halogens is 2. The second kappa shape index (κ2) is 4.94. The van der Waals surface area contributed by atoms with E-state index in [0.29, 0.717) is 11.8 Å². The van der Waals surface area contributed by atoms with Crippen molar-refractivity contribution in [3.8, 4) is 0 Å². The quantitative estimate of drug-likeness (QED) is 0.686. The van der Waals surface area contributed by atoms with Gasteiger partial charge in [-0.1, -0.05) is 32.3 Å². The van der Waals surface area contributed by atoms with E-state index in [9.17, 15) is 8.78 Å². The van der Waals surface area contributed by atoms with Crippen LogP contribution >= 0.6 is 0 Å². The van der Waals surface area contributed by atoms with Crippen molar-refractivity contribution < 1.29 is 8.78 Å². The van der Waals surface area contributed by atoms with Gasteiger partial charge in [0.25, 0.3) is 0 Å². The van der Waals surface area contributed by atoms with Crippen molar-refractivity contribution in [2.24, 2.45) is 5.92 Å². The van der Waals surface area contributed by atoms with E-state index in [1.807, 2.05) is 0 Å². The molecule has 16 heavy (non-hydrogen) atoms. The molecule has 0 nitrogen and oxygen atoms in total. The smallest absolute Gasteiger partial charge is 0.159 e. The maximum absolute atomic E-state index is 13.1. The number of rotatable bonds is 2. The van der Waals surface area contributed by atoms with Crippen molar-refractivity contribution in [3.05, 3.63) is 35.4 Å². The molecule has 1 aliphatic rings. The van der Waals surface area contributed by atoms with E-state index in [0.717, 1.165) is 5.56 Å². The average molecular weight is 224 g/mol. The van der Waals surface area contributed by atoms with Crippen LogP contribution in [0, 0.1) is 17.6 Å². The first-order valence-electron chi connectivity index (χ1n) is 6.13. The number of hydrogen-bond donors (Lipinski definition) is 0. The minimum Gasteiger partial charge on any atom is -0.204 e. The van der Waals surface area contributed by atoms with Crippen LogP contribution in [0.5, 0.6) is 0 Å². The van der Waals surface area contributed by atoms with E-state index in [4.69, 9.17) is 0 Å². The highest BCUT2D eigenvalue weighted by atomic mass is 19.2. The molecule has 0 amide bonds. The topological polar surface area (TPSA) is 0 Å². The van der Waals surface area contributed by atoms with Crippen LogP contribution in [0.25, 0.3) is 0 Å². The molecule has 1 aromatic rings. The maximum atomic E-state index is 13.1. The zero-order valence-electron chi connectivity index (χ0n) is 9.68. The predicted octanol–water partition coefficient (Wildman–Crippen LogP) is 4.65. The molecule has 0 saturated heterocycles. The summed E-state index contributed by atoms with van der Waals surface area (Å²) < 4.78 is 26.0. The van der Waals surface area contributed by atoms with Gasteiger partial charge in [-0.25, -0.2) is 8.78 Å². The molecule has 1 fully saturated rings. The molecule has 0 N–H and O–H groups in total. The third kappa shape index (κ3) is 2.42. The summed E-state index contributed by atoms with van der Waals surface area (Å²) >= 11 is 0. The number of benzene rings is 1. The van der Waals surface area contributed by atoms with Gasteiger partial charge in [0.05, 0.1) is 0 Å². The van der Waals surface area contributed by atoms with Crippen molar-refractivity contribution in [3.63, 3.8) is 0 Å². The molecular weight excluding hydrogens is 206 g/mol. The fourth-order valence-electron chi connectivity index (χ4n) is 2.70. The molecule has 0 spiro atoms. The zero-order valence-corrected chi connectivity index (χ0v) is 9.68. The van der Waals surface area contributed by atoms with E-state index in [2.05, 4.69) is 6.92 Å². The van der Waals surface area contributed by atoms with E-state index >= 15 is 0 Å². The van der Waals surface area contributed by atoms with Crippen LogP contribution in [0.15, 0.2) is 18.2 Å². The van der Waals surface area contributed by atoms with Gasteiger partial charge in [-0.2, -0.15) is 0 Å². The predicted molar refractivity (Wildman–Crippen MR) is 61.3 cm³/mol. The van der Waals surface area contributed by atoms with Crippen LogP contribution in [0.4, 0.5) is 8.78 Å². The third-order valence-corrected chi connectivity index (χ3v) is 3.83. The average Bonchev–Trinajstić information content (AvgIpc) is 2.33. The van der Waals surface area contributed by atoms with Gasteiger partial charge in [0.2, 0.25) is 0 Å². The highest BCUT2D eigenvalue weighted by Crippen LogP contribution is 2.35. The molecule has 2 rings (SSSR count). The summed E-state index contributed by atoms with van der Waals surface area (Å²) in [6.45, 7) is 2.13. The second-order valence-electron chi connectivity index (χ2n) is 4.86. The van der Waals surface area contributed by atoms with Crippen LogP contribution in [-0.2, 0) is 0 Å². The lowest BCUT2D eigenvalue weighted by atomic mass is 9.78. The summed E-state index contributed by atoms with van der Waals surface area (Å²) in [5.74, 6) is -0.492. The SMILES string of the molecule is CC(c1ccc(F)c(F)c1)C1CCCCC1. The van der Waals surface area contributed by atoms with Gasteiger partial charge >= 0.3 is 0 Å². The molecule has 1 aromatic carbocycles. The first-order chi connectivity index (χ1) is 7.68. The zero-order chi connectivity index (χ0) is 11.5. The van der Waals surface area contributed by atoms with Crippen molar-refractivity contribution >= 4 is 0 Å². The first-order valence-corrected chi connectivity index (χ1v) is 6.13. The summed E-state index contributed by atoms with van der Waals surface area (Å²) in [5, 5.41) is 0. The molecule has 1 aliphatic carbocycles. The van der Waals surface area contributed by atoms with Crippen molar-refractivity contribution in [2.45, 2.75) is 44.9 Å². The normalized spacial score (nSPS) is 19.7. The lowest BCUT2D eigenvalue weighted by molar-refractivity contribution is 0.315. The van der Waals surface area contributed by atoms with E-state index < -0.39 is 11.6 Å². The van der Waals surface area contributed by atoms with Gasteiger partial charge in [0.15, 0.2) is 11.6 Å². The Morgan fingerprint density at radius 1 is 1.06 bits per heavy atom. The van der Waals surface area contributed by atoms with Gasteiger partial charge in [-0.15, -0.1) is 0 Å². The Bertz CT molecular complexity index is 354. The summed E-state index contributed by atoms with van der Waals surface area (Å²) in [6.07, 6.45) is 6.32.